The van der Waals surface area contributed by atoms with Crippen LogP contribution in [0.15, 0.2) is 47.1 Å². The number of hydrogen-bond acceptors (Lipinski definition) is 4. The largest absolute Gasteiger partial charge is 0.457 e. The smallest absolute Gasteiger partial charge is 0.374 e. The zero-order valence-electron chi connectivity index (χ0n) is 13.0. The van der Waals surface area contributed by atoms with Crippen molar-refractivity contribution in [2.45, 2.75) is 38.3 Å². The molecule has 0 radical (unpaired) electrons. The van der Waals surface area contributed by atoms with Gasteiger partial charge in [-0.2, -0.15) is 0 Å². The maximum atomic E-state index is 12.3. The lowest BCUT2D eigenvalue weighted by atomic mass is 9.87. The lowest BCUT2D eigenvalue weighted by molar-refractivity contribution is -0.130. The Labute approximate surface area is 134 Å². The highest BCUT2D eigenvalue weighted by Crippen LogP contribution is 2.29. The molecule has 0 fully saturated rings. The normalized spacial score (nSPS) is 17.9. The Morgan fingerprint density at radius 2 is 2.09 bits per heavy atom. The number of carbonyl (C=O) groups excluding carboxylic acids is 2. The van der Waals surface area contributed by atoms with E-state index >= 15 is 0 Å². The Balaban J connectivity index is 1.62. The van der Waals surface area contributed by atoms with Crippen LogP contribution < -0.4 is 5.32 Å². The van der Waals surface area contributed by atoms with E-state index in [1.165, 1.54) is 17.9 Å². The van der Waals surface area contributed by atoms with E-state index in [1.807, 2.05) is 18.2 Å². The highest BCUT2D eigenvalue weighted by atomic mass is 16.6. The molecule has 2 aromatic rings. The van der Waals surface area contributed by atoms with E-state index in [0.29, 0.717) is 0 Å². The van der Waals surface area contributed by atoms with Gasteiger partial charge in [0, 0.05) is 0 Å². The van der Waals surface area contributed by atoms with Gasteiger partial charge in [0.1, 0.15) is 0 Å². The van der Waals surface area contributed by atoms with Crippen molar-refractivity contribution in [2.75, 3.05) is 0 Å². The first-order valence-corrected chi connectivity index (χ1v) is 7.78. The minimum absolute atomic E-state index is 0.0304. The van der Waals surface area contributed by atoms with Gasteiger partial charge in [0.05, 0.1) is 12.3 Å². The number of rotatable bonds is 4. The van der Waals surface area contributed by atoms with Gasteiger partial charge in [-0.15, -0.1) is 0 Å². The zero-order valence-corrected chi connectivity index (χ0v) is 13.0. The molecular weight excluding hydrogens is 294 g/mol. The van der Waals surface area contributed by atoms with Crippen LogP contribution in [0.1, 0.15) is 47.5 Å². The number of furan rings is 1. The second kappa shape index (κ2) is 6.69. The zero-order chi connectivity index (χ0) is 16.2. The Morgan fingerprint density at radius 3 is 2.87 bits per heavy atom. The first-order chi connectivity index (χ1) is 11.1. The van der Waals surface area contributed by atoms with Gasteiger partial charge >= 0.3 is 5.97 Å². The molecule has 0 bridgehead atoms. The summed E-state index contributed by atoms with van der Waals surface area (Å²) in [5.41, 5.74) is 2.42. The third-order valence-electron chi connectivity index (χ3n) is 4.06. The van der Waals surface area contributed by atoms with Crippen LogP contribution in [0.25, 0.3) is 0 Å². The molecule has 1 N–H and O–H groups in total. The molecule has 120 valence electrons. The van der Waals surface area contributed by atoms with Gasteiger partial charge in [0.2, 0.25) is 5.76 Å². The van der Waals surface area contributed by atoms with E-state index in [-0.39, 0.29) is 17.7 Å². The SMILES string of the molecule is CC(OC(=O)c1ccco1)C(=O)NC1CCCc2ccccc21. The van der Waals surface area contributed by atoms with Crippen molar-refractivity contribution in [2.24, 2.45) is 0 Å². The van der Waals surface area contributed by atoms with Gasteiger partial charge in [-0.05, 0) is 49.4 Å². The van der Waals surface area contributed by atoms with Gasteiger partial charge in [-0.1, -0.05) is 24.3 Å². The first-order valence-electron chi connectivity index (χ1n) is 7.78. The maximum Gasteiger partial charge on any atom is 0.374 e. The monoisotopic (exact) mass is 313 g/mol. The van der Waals surface area contributed by atoms with Crippen LogP contribution in [0.4, 0.5) is 0 Å². The third-order valence-corrected chi connectivity index (χ3v) is 4.06. The fraction of sp³-hybridized carbons (Fsp3) is 0.333. The van der Waals surface area contributed by atoms with Crippen molar-refractivity contribution >= 4 is 11.9 Å². The highest BCUT2D eigenvalue weighted by molar-refractivity contribution is 5.90. The molecule has 2 atom stereocenters. The molecule has 3 rings (SSSR count). The average molecular weight is 313 g/mol. The Bertz CT molecular complexity index is 693. The van der Waals surface area contributed by atoms with Crippen LogP contribution in [-0.4, -0.2) is 18.0 Å². The lowest BCUT2D eigenvalue weighted by Gasteiger charge is -2.27. The number of benzene rings is 1. The second-order valence-electron chi connectivity index (χ2n) is 5.68. The van der Waals surface area contributed by atoms with E-state index in [2.05, 4.69) is 11.4 Å². The van der Waals surface area contributed by atoms with Gasteiger partial charge in [-0.25, -0.2) is 4.79 Å². The number of aryl methyl sites for hydroxylation is 1. The lowest BCUT2D eigenvalue weighted by Crippen LogP contribution is -2.39. The van der Waals surface area contributed by atoms with Crippen LogP contribution >= 0.6 is 0 Å². The first kappa shape index (κ1) is 15.3. The van der Waals surface area contributed by atoms with E-state index in [0.717, 1.165) is 24.8 Å². The summed E-state index contributed by atoms with van der Waals surface area (Å²) in [6, 6.07) is 11.2. The van der Waals surface area contributed by atoms with E-state index < -0.39 is 12.1 Å². The summed E-state index contributed by atoms with van der Waals surface area (Å²) < 4.78 is 10.1. The molecule has 0 saturated carbocycles. The van der Waals surface area contributed by atoms with Crippen LogP contribution in [0.3, 0.4) is 0 Å². The second-order valence-corrected chi connectivity index (χ2v) is 5.68. The highest BCUT2D eigenvalue weighted by Gasteiger charge is 2.26. The molecule has 0 saturated heterocycles. The molecule has 1 aliphatic rings. The van der Waals surface area contributed by atoms with Crippen molar-refractivity contribution in [1.82, 2.24) is 5.32 Å². The van der Waals surface area contributed by atoms with Crippen molar-refractivity contribution in [3.05, 3.63) is 59.5 Å². The minimum atomic E-state index is -0.873. The fourth-order valence-corrected chi connectivity index (χ4v) is 2.86. The van der Waals surface area contributed by atoms with Crippen LogP contribution in [-0.2, 0) is 16.0 Å². The molecule has 2 unspecified atom stereocenters. The predicted molar refractivity (Wildman–Crippen MR) is 83.8 cm³/mol. The summed E-state index contributed by atoms with van der Waals surface area (Å²) in [6.45, 7) is 1.56. The predicted octanol–water partition coefficient (Wildman–Crippen LogP) is 3.02. The molecule has 5 nitrogen and oxygen atoms in total. The average Bonchev–Trinajstić information content (AvgIpc) is 3.09. The molecule has 23 heavy (non-hydrogen) atoms. The van der Waals surface area contributed by atoms with E-state index in [9.17, 15) is 9.59 Å². The molecule has 1 amide bonds. The van der Waals surface area contributed by atoms with Crippen molar-refractivity contribution < 1.29 is 18.7 Å². The van der Waals surface area contributed by atoms with Crippen molar-refractivity contribution in [3.63, 3.8) is 0 Å². The van der Waals surface area contributed by atoms with Gasteiger partial charge in [0.15, 0.2) is 6.10 Å². The number of hydrogen-bond donors (Lipinski definition) is 1. The van der Waals surface area contributed by atoms with Crippen molar-refractivity contribution in [1.29, 1.82) is 0 Å². The third kappa shape index (κ3) is 3.44. The number of amides is 1. The summed E-state index contributed by atoms with van der Waals surface area (Å²) in [5.74, 6) is -0.846. The maximum absolute atomic E-state index is 12.3. The molecule has 0 aliphatic heterocycles. The fourth-order valence-electron chi connectivity index (χ4n) is 2.86. The number of carbonyl (C=O) groups is 2. The summed E-state index contributed by atoms with van der Waals surface area (Å²) in [7, 11) is 0. The summed E-state index contributed by atoms with van der Waals surface area (Å²) in [4.78, 5) is 24.1. The number of ether oxygens (including phenoxy) is 1. The topological polar surface area (TPSA) is 68.5 Å². The van der Waals surface area contributed by atoms with Gasteiger partial charge in [0.25, 0.3) is 5.91 Å². The van der Waals surface area contributed by atoms with Gasteiger partial charge in [-0.3, -0.25) is 4.79 Å². The van der Waals surface area contributed by atoms with Gasteiger partial charge < -0.3 is 14.5 Å². The standard InChI is InChI=1S/C18H19NO4/c1-12(23-18(21)16-10-5-11-22-16)17(20)19-15-9-4-7-13-6-2-3-8-14(13)15/h2-3,5-6,8,10-12,15H,4,7,9H2,1H3,(H,19,20). The van der Waals surface area contributed by atoms with Crippen molar-refractivity contribution in [3.8, 4) is 0 Å². The quantitative estimate of drug-likeness (QED) is 0.881. The Kier molecular flexibility index (Phi) is 4.46. The molecule has 5 heteroatoms. The van der Waals surface area contributed by atoms with E-state index in [1.54, 1.807) is 13.0 Å². The number of esters is 1. The summed E-state index contributed by atoms with van der Waals surface area (Å²) in [6.07, 6.45) is 3.47. The van der Waals surface area contributed by atoms with Crippen LogP contribution in [0.5, 0.6) is 0 Å². The summed E-state index contributed by atoms with van der Waals surface area (Å²) in [5, 5.41) is 2.98. The van der Waals surface area contributed by atoms with Crippen LogP contribution in [0.2, 0.25) is 0 Å². The molecule has 1 aromatic carbocycles. The van der Waals surface area contributed by atoms with Crippen LogP contribution in [0, 0.1) is 0 Å². The number of fused-ring (bicyclic) bond motifs is 1. The van der Waals surface area contributed by atoms with E-state index in [4.69, 9.17) is 9.15 Å². The Hall–Kier alpha value is -2.56. The summed E-state index contributed by atoms with van der Waals surface area (Å²) >= 11 is 0. The molecular formula is C18H19NO4. The molecule has 1 heterocycles. The minimum Gasteiger partial charge on any atom is -0.457 e. The molecule has 1 aromatic heterocycles. The number of nitrogens with one attached hydrogen (secondary N) is 1. The molecule has 0 spiro atoms. The Morgan fingerprint density at radius 1 is 1.26 bits per heavy atom. The molecule has 1 aliphatic carbocycles.